The van der Waals surface area contributed by atoms with Gasteiger partial charge in [-0.3, -0.25) is 0 Å². The maximum atomic E-state index is 10.1. The molecule has 0 atom stereocenters. The van der Waals surface area contributed by atoms with Gasteiger partial charge in [-0.15, -0.1) is 0 Å². The van der Waals surface area contributed by atoms with E-state index in [0.29, 0.717) is 0 Å². The minimum Gasteiger partial charge on any atom is -0.385 e. The van der Waals surface area contributed by atoms with Crippen molar-refractivity contribution in [3.8, 4) is 0 Å². The van der Waals surface area contributed by atoms with Crippen LogP contribution in [0.1, 0.15) is 43.2 Å². The van der Waals surface area contributed by atoms with Gasteiger partial charge < -0.3 is 10.8 Å². The van der Waals surface area contributed by atoms with Crippen LogP contribution in [0.2, 0.25) is 0 Å². The van der Waals surface area contributed by atoms with E-state index in [0.717, 1.165) is 24.9 Å². The van der Waals surface area contributed by atoms with Crippen molar-refractivity contribution in [1.82, 2.24) is 0 Å². The van der Waals surface area contributed by atoms with Gasteiger partial charge in [-0.1, -0.05) is 30.7 Å². The van der Waals surface area contributed by atoms with E-state index in [-0.39, 0.29) is 5.41 Å². The first-order valence-electron chi connectivity index (χ1n) is 6.22. The highest BCUT2D eigenvalue weighted by Gasteiger charge is 2.43. The third-order valence-corrected chi connectivity index (χ3v) is 4.44. The lowest BCUT2D eigenvalue weighted by atomic mass is 9.64. The summed E-state index contributed by atoms with van der Waals surface area (Å²) >= 11 is 0. The molecule has 0 saturated heterocycles. The van der Waals surface area contributed by atoms with Gasteiger partial charge in [-0.25, -0.2) is 0 Å². The van der Waals surface area contributed by atoms with Gasteiger partial charge in [0.05, 0.1) is 5.60 Å². The van der Waals surface area contributed by atoms with Crippen LogP contribution in [-0.2, 0) is 11.0 Å². The summed E-state index contributed by atoms with van der Waals surface area (Å²) in [7, 11) is 0. The Hall–Kier alpha value is -0.860. The third-order valence-electron chi connectivity index (χ3n) is 4.44. The third kappa shape index (κ3) is 1.40. The van der Waals surface area contributed by atoms with Crippen LogP contribution in [0, 0.1) is 0 Å². The van der Waals surface area contributed by atoms with E-state index < -0.39 is 5.60 Å². The highest BCUT2D eigenvalue weighted by Crippen LogP contribution is 2.48. The van der Waals surface area contributed by atoms with Gasteiger partial charge >= 0.3 is 0 Å². The fourth-order valence-corrected chi connectivity index (χ4v) is 2.76. The summed E-state index contributed by atoms with van der Waals surface area (Å²) in [6.07, 6.45) is 5.50. The SMILES string of the molecule is NCC1(c2cccc(C3(O)CC3)c2)CCC1. The Bertz CT molecular complexity index is 399. The normalized spacial score (nSPS) is 24.9. The molecule has 0 unspecified atom stereocenters. The van der Waals surface area contributed by atoms with Crippen molar-refractivity contribution in [2.24, 2.45) is 5.73 Å². The van der Waals surface area contributed by atoms with Crippen LogP contribution in [0.4, 0.5) is 0 Å². The van der Waals surface area contributed by atoms with Crippen LogP contribution in [-0.4, -0.2) is 11.7 Å². The molecule has 1 aromatic rings. The van der Waals surface area contributed by atoms with Crippen LogP contribution in [0.25, 0.3) is 0 Å². The summed E-state index contributed by atoms with van der Waals surface area (Å²) in [4.78, 5) is 0. The molecule has 2 fully saturated rings. The molecule has 0 aliphatic heterocycles. The number of hydrogen-bond donors (Lipinski definition) is 2. The number of nitrogens with two attached hydrogens (primary N) is 1. The van der Waals surface area contributed by atoms with Crippen molar-refractivity contribution in [2.45, 2.75) is 43.1 Å². The second-order valence-corrected chi connectivity index (χ2v) is 5.45. The minimum atomic E-state index is -0.518. The van der Waals surface area contributed by atoms with Crippen molar-refractivity contribution in [1.29, 1.82) is 0 Å². The molecule has 86 valence electrons. The van der Waals surface area contributed by atoms with Gasteiger partial charge in [-0.05, 0) is 36.8 Å². The Balaban J connectivity index is 1.96. The second-order valence-electron chi connectivity index (χ2n) is 5.45. The number of rotatable bonds is 3. The molecule has 2 heteroatoms. The summed E-state index contributed by atoms with van der Waals surface area (Å²) in [5.74, 6) is 0. The van der Waals surface area contributed by atoms with Crippen LogP contribution in [0.5, 0.6) is 0 Å². The fourth-order valence-electron chi connectivity index (χ4n) is 2.76. The van der Waals surface area contributed by atoms with Crippen molar-refractivity contribution in [3.63, 3.8) is 0 Å². The van der Waals surface area contributed by atoms with Crippen molar-refractivity contribution in [3.05, 3.63) is 35.4 Å². The standard InChI is InChI=1S/C14H19NO/c15-10-13(5-2-6-13)11-3-1-4-12(9-11)14(16)7-8-14/h1,3-4,9,16H,2,5-8,10,15H2. The van der Waals surface area contributed by atoms with E-state index in [1.54, 1.807) is 0 Å². The lowest BCUT2D eigenvalue weighted by Gasteiger charge is -2.41. The summed E-state index contributed by atoms with van der Waals surface area (Å²) in [6, 6.07) is 8.45. The predicted octanol–water partition coefficient (Wildman–Crippen LogP) is 2.05. The van der Waals surface area contributed by atoms with Gasteiger partial charge in [0.15, 0.2) is 0 Å². The van der Waals surface area contributed by atoms with E-state index in [9.17, 15) is 5.11 Å². The second kappa shape index (κ2) is 3.31. The summed E-state index contributed by atoms with van der Waals surface area (Å²) in [6.45, 7) is 0.731. The average molecular weight is 217 g/mol. The molecule has 0 spiro atoms. The molecule has 1 aromatic carbocycles. The lowest BCUT2D eigenvalue weighted by Crippen LogP contribution is -2.41. The molecule has 0 bridgehead atoms. The molecule has 2 aliphatic rings. The van der Waals surface area contributed by atoms with Gasteiger partial charge in [-0.2, -0.15) is 0 Å². The van der Waals surface area contributed by atoms with Crippen molar-refractivity contribution >= 4 is 0 Å². The Labute approximate surface area is 96.5 Å². The zero-order valence-electron chi connectivity index (χ0n) is 9.58. The molecular weight excluding hydrogens is 198 g/mol. The van der Waals surface area contributed by atoms with Gasteiger partial charge in [0.25, 0.3) is 0 Å². The zero-order chi connectivity index (χ0) is 11.2. The Morgan fingerprint density at radius 2 is 1.81 bits per heavy atom. The number of benzene rings is 1. The summed E-state index contributed by atoms with van der Waals surface area (Å²) in [5.41, 5.74) is 8.02. The molecule has 2 nitrogen and oxygen atoms in total. The molecule has 3 rings (SSSR count). The first kappa shape index (κ1) is 10.3. The fraction of sp³-hybridized carbons (Fsp3) is 0.571. The Morgan fingerprint density at radius 3 is 2.31 bits per heavy atom. The highest BCUT2D eigenvalue weighted by molar-refractivity contribution is 5.37. The van der Waals surface area contributed by atoms with Crippen LogP contribution >= 0.6 is 0 Å². The van der Waals surface area contributed by atoms with E-state index in [4.69, 9.17) is 5.73 Å². The monoisotopic (exact) mass is 217 g/mol. The largest absolute Gasteiger partial charge is 0.385 e. The molecule has 2 aliphatic carbocycles. The molecular formula is C14H19NO. The quantitative estimate of drug-likeness (QED) is 0.814. The first-order valence-corrected chi connectivity index (χ1v) is 6.22. The maximum absolute atomic E-state index is 10.1. The van der Waals surface area contributed by atoms with Crippen LogP contribution < -0.4 is 5.73 Å². The average Bonchev–Trinajstić information content (AvgIpc) is 2.98. The maximum Gasteiger partial charge on any atom is 0.0899 e. The van der Waals surface area contributed by atoms with Crippen molar-refractivity contribution < 1.29 is 5.11 Å². The van der Waals surface area contributed by atoms with Gasteiger partial charge in [0, 0.05) is 12.0 Å². The Kier molecular flexibility index (Phi) is 2.13. The molecule has 3 N–H and O–H groups in total. The van der Waals surface area contributed by atoms with Gasteiger partial charge in [0.1, 0.15) is 0 Å². The first-order chi connectivity index (χ1) is 7.69. The van der Waals surface area contributed by atoms with E-state index >= 15 is 0 Å². The molecule has 0 aromatic heterocycles. The highest BCUT2D eigenvalue weighted by atomic mass is 16.3. The summed E-state index contributed by atoms with van der Waals surface area (Å²) in [5, 5.41) is 10.1. The van der Waals surface area contributed by atoms with E-state index in [1.165, 1.54) is 24.8 Å². The predicted molar refractivity (Wildman–Crippen MR) is 64.2 cm³/mol. The number of aliphatic hydroxyl groups is 1. The molecule has 2 saturated carbocycles. The number of hydrogen-bond acceptors (Lipinski definition) is 2. The molecule has 16 heavy (non-hydrogen) atoms. The topological polar surface area (TPSA) is 46.2 Å². The zero-order valence-corrected chi connectivity index (χ0v) is 9.58. The Morgan fingerprint density at radius 1 is 1.12 bits per heavy atom. The van der Waals surface area contributed by atoms with E-state index in [2.05, 4.69) is 18.2 Å². The molecule has 0 amide bonds. The van der Waals surface area contributed by atoms with Gasteiger partial charge in [0.2, 0.25) is 0 Å². The molecule has 0 heterocycles. The minimum absolute atomic E-state index is 0.210. The smallest absolute Gasteiger partial charge is 0.0899 e. The summed E-state index contributed by atoms with van der Waals surface area (Å²) < 4.78 is 0. The molecule has 0 radical (unpaired) electrons. The van der Waals surface area contributed by atoms with Crippen molar-refractivity contribution in [2.75, 3.05) is 6.54 Å². The van der Waals surface area contributed by atoms with Crippen LogP contribution in [0.3, 0.4) is 0 Å². The lowest BCUT2D eigenvalue weighted by molar-refractivity contribution is 0.151. The van der Waals surface area contributed by atoms with Crippen LogP contribution in [0.15, 0.2) is 24.3 Å². The van der Waals surface area contributed by atoms with E-state index in [1.807, 2.05) is 6.07 Å².